The van der Waals surface area contributed by atoms with Gasteiger partial charge < -0.3 is 10.0 Å². The largest absolute Gasteiger partial charge is 0.391 e. The van der Waals surface area contributed by atoms with Crippen LogP contribution < -0.4 is 0 Å². The van der Waals surface area contributed by atoms with Gasteiger partial charge in [-0.1, -0.05) is 0 Å². The lowest BCUT2D eigenvalue weighted by atomic mass is 10.2. The Morgan fingerprint density at radius 1 is 1.61 bits per heavy atom. The van der Waals surface area contributed by atoms with Crippen molar-refractivity contribution in [2.24, 2.45) is 5.92 Å². The number of aromatic nitrogens is 1. The van der Waals surface area contributed by atoms with E-state index in [0.717, 1.165) is 18.5 Å². The topological polar surface area (TPSA) is 53.4 Å². The van der Waals surface area contributed by atoms with Gasteiger partial charge in [0, 0.05) is 19.3 Å². The second kappa shape index (κ2) is 5.36. The fourth-order valence-electron chi connectivity index (χ4n) is 1.88. The first-order valence-corrected chi connectivity index (χ1v) is 6.85. The molecule has 1 N–H and O–H groups in total. The number of halogens is 1. The van der Waals surface area contributed by atoms with Gasteiger partial charge in [-0.05, 0) is 53.7 Å². The highest BCUT2D eigenvalue weighted by molar-refractivity contribution is 9.10. The molecule has 0 radical (unpaired) electrons. The first-order valence-electron chi connectivity index (χ1n) is 6.05. The van der Waals surface area contributed by atoms with Gasteiger partial charge in [0.25, 0.3) is 5.91 Å². The Kier molecular flexibility index (Phi) is 4.02. The smallest absolute Gasteiger partial charge is 0.256 e. The summed E-state index contributed by atoms with van der Waals surface area (Å²) in [6.07, 6.45) is 1.73. The monoisotopic (exact) mass is 312 g/mol. The molecule has 1 aromatic rings. The molecule has 1 saturated carbocycles. The van der Waals surface area contributed by atoms with Crippen molar-refractivity contribution in [3.63, 3.8) is 0 Å². The molecule has 1 atom stereocenters. The van der Waals surface area contributed by atoms with Crippen LogP contribution >= 0.6 is 15.9 Å². The van der Waals surface area contributed by atoms with E-state index in [1.165, 1.54) is 0 Å². The summed E-state index contributed by atoms with van der Waals surface area (Å²) in [4.78, 5) is 18.0. The SMILES string of the molecule is Cc1ccc(C(=O)N(C)CC(O)C2CC2)c(Br)n1. The molecule has 5 heteroatoms. The Bertz CT molecular complexity index is 460. The molecular formula is C13H17BrN2O2. The van der Waals surface area contributed by atoms with Gasteiger partial charge in [0.2, 0.25) is 0 Å². The Labute approximate surface area is 115 Å². The van der Waals surface area contributed by atoms with E-state index in [0.29, 0.717) is 22.6 Å². The number of hydrogen-bond donors (Lipinski definition) is 1. The molecule has 0 saturated heterocycles. The summed E-state index contributed by atoms with van der Waals surface area (Å²) >= 11 is 3.30. The van der Waals surface area contributed by atoms with Crippen molar-refractivity contribution in [3.8, 4) is 0 Å². The van der Waals surface area contributed by atoms with Gasteiger partial charge in [-0.15, -0.1) is 0 Å². The molecule has 0 aliphatic heterocycles. The van der Waals surface area contributed by atoms with E-state index in [-0.39, 0.29) is 5.91 Å². The third-order valence-corrected chi connectivity index (χ3v) is 3.80. The number of rotatable bonds is 4. The summed E-state index contributed by atoms with van der Waals surface area (Å²) in [5.41, 5.74) is 1.39. The number of aryl methyl sites for hydroxylation is 1. The normalized spacial score (nSPS) is 16.4. The van der Waals surface area contributed by atoms with Crippen molar-refractivity contribution in [1.82, 2.24) is 9.88 Å². The standard InChI is InChI=1S/C13H17BrN2O2/c1-8-3-6-10(12(14)15-8)13(18)16(2)7-11(17)9-4-5-9/h3,6,9,11,17H,4-5,7H2,1-2H3. The number of carbonyl (C=O) groups is 1. The van der Waals surface area contributed by atoms with Crippen molar-refractivity contribution in [2.45, 2.75) is 25.9 Å². The van der Waals surface area contributed by atoms with Crippen LogP contribution in [-0.2, 0) is 0 Å². The Morgan fingerprint density at radius 3 is 2.83 bits per heavy atom. The number of hydrogen-bond acceptors (Lipinski definition) is 3. The fraction of sp³-hybridized carbons (Fsp3) is 0.538. The maximum Gasteiger partial charge on any atom is 0.256 e. The van der Waals surface area contributed by atoms with E-state index in [9.17, 15) is 9.90 Å². The number of nitrogens with zero attached hydrogens (tertiary/aromatic N) is 2. The van der Waals surface area contributed by atoms with Crippen LogP contribution in [0.25, 0.3) is 0 Å². The molecule has 1 aromatic heterocycles. The molecule has 0 spiro atoms. The molecule has 2 rings (SSSR count). The quantitative estimate of drug-likeness (QED) is 0.865. The van der Waals surface area contributed by atoms with Crippen molar-refractivity contribution in [1.29, 1.82) is 0 Å². The molecule has 1 fully saturated rings. The minimum atomic E-state index is -0.406. The van der Waals surface area contributed by atoms with Gasteiger partial charge >= 0.3 is 0 Å². The average molecular weight is 313 g/mol. The highest BCUT2D eigenvalue weighted by Crippen LogP contribution is 2.32. The van der Waals surface area contributed by atoms with Crippen molar-refractivity contribution in [3.05, 3.63) is 28.0 Å². The number of carbonyl (C=O) groups excluding carboxylic acids is 1. The Hall–Kier alpha value is -0.940. The number of amides is 1. The number of likely N-dealkylation sites (N-methyl/N-ethyl adjacent to an activating group) is 1. The van der Waals surface area contributed by atoms with E-state index >= 15 is 0 Å². The minimum Gasteiger partial charge on any atom is -0.391 e. The van der Waals surface area contributed by atoms with E-state index in [4.69, 9.17) is 0 Å². The molecule has 1 aliphatic carbocycles. The van der Waals surface area contributed by atoms with E-state index in [1.807, 2.05) is 13.0 Å². The number of pyridine rings is 1. The molecule has 18 heavy (non-hydrogen) atoms. The van der Waals surface area contributed by atoms with Crippen LogP contribution in [0.2, 0.25) is 0 Å². The number of aliphatic hydroxyl groups excluding tert-OH is 1. The lowest BCUT2D eigenvalue weighted by molar-refractivity contribution is 0.0644. The van der Waals surface area contributed by atoms with E-state index in [2.05, 4.69) is 20.9 Å². The third kappa shape index (κ3) is 3.09. The molecule has 0 bridgehead atoms. The molecule has 1 heterocycles. The first kappa shape index (κ1) is 13.5. The maximum atomic E-state index is 12.2. The summed E-state index contributed by atoms with van der Waals surface area (Å²) in [6.45, 7) is 2.25. The maximum absolute atomic E-state index is 12.2. The van der Waals surface area contributed by atoms with Gasteiger partial charge in [0.05, 0.1) is 11.7 Å². The van der Waals surface area contributed by atoms with Gasteiger partial charge in [0.1, 0.15) is 4.60 Å². The van der Waals surface area contributed by atoms with Gasteiger partial charge in [-0.25, -0.2) is 4.98 Å². The third-order valence-electron chi connectivity index (χ3n) is 3.19. The Balaban J connectivity index is 2.04. The predicted octanol–water partition coefficient (Wildman–Crippen LogP) is 2.00. The molecule has 4 nitrogen and oxygen atoms in total. The zero-order valence-electron chi connectivity index (χ0n) is 10.6. The van der Waals surface area contributed by atoms with Gasteiger partial charge in [0.15, 0.2) is 0 Å². The van der Waals surface area contributed by atoms with Gasteiger partial charge in [-0.3, -0.25) is 4.79 Å². The highest BCUT2D eigenvalue weighted by atomic mass is 79.9. The Morgan fingerprint density at radius 2 is 2.28 bits per heavy atom. The van der Waals surface area contributed by atoms with Crippen LogP contribution in [0, 0.1) is 12.8 Å². The van der Waals surface area contributed by atoms with Crippen LogP contribution in [0.4, 0.5) is 0 Å². The minimum absolute atomic E-state index is 0.117. The molecule has 98 valence electrons. The summed E-state index contributed by atoms with van der Waals surface area (Å²) in [6, 6.07) is 3.57. The van der Waals surface area contributed by atoms with Crippen LogP contribution in [-0.4, -0.2) is 40.6 Å². The summed E-state index contributed by atoms with van der Waals surface area (Å²) in [5.74, 6) is 0.258. The van der Waals surface area contributed by atoms with Crippen LogP contribution in [0.3, 0.4) is 0 Å². The second-order valence-corrected chi connectivity index (χ2v) is 5.63. The van der Waals surface area contributed by atoms with Crippen LogP contribution in [0.15, 0.2) is 16.7 Å². The van der Waals surface area contributed by atoms with Crippen LogP contribution in [0.5, 0.6) is 0 Å². The lowest BCUT2D eigenvalue weighted by Gasteiger charge is -2.21. The van der Waals surface area contributed by atoms with E-state index < -0.39 is 6.10 Å². The zero-order valence-corrected chi connectivity index (χ0v) is 12.1. The highest BCUT2D eigenvalue weighted by Gasteiger charge is 2.31. The van der Waals surface area contributed by atoms with Crippen LogP contribution in [0.1, 0.15) is 28.9 Å². The van der Waals surface area contributed by atoms with Gasteiger partial charge in [-0.2, -0.15) is 0 Å². The molecule has 1 unspecified atom stereocenters. The summed E-state index contributed by atoms with van der Waals surface area (Å²) in [5, 5.41) is 9.85. The molecular weight excluding hydrogens is 296 g/mol. The lowest BCUT2D eigenvalue weighted by Crippen LogP contribution is -2.35. The number of aliphatic hydroxyl groups is 1. The zero-order chi connectivity index (χ0) is 13.3. The predicted molar refractivity (Wildman–Crippen MR) is 72.4 cm³/mol. The van der Waals surface area contributed by atoms with Crippen molar-refractivity contribution >= 4 is 21.8 Å². The summed E-state index contributed by atoms with van der Waals surface area (Å²) in [7, 11) is 1.71. The molecule has 0 aromatic carbocycles. The second-order valence-electron chi connectivity index (χ2n) is 4.88. The first-order chi connectivity index (χ1) is 8.49. The molecule has 1 aliphatic rings. The average Bonchev–Trinajstić information content (AvgIpc) is 3.11. The van der Waals surface area contributed by atoms with E-state index in [1.54, 1.807) is 18.0 Å². The fourth-order valence-corrected chi connectivity index (χ4v) is 2.47. The molecule has 1 amide bonds. The summed E-state index contributed by atoms with van der Waals surface area (Å²) < 4.78 is 0.556. The van der Waals surface area contributed by atoms with Crippen molar-refractivity contribution < 1.29 is 9.90 Å². The van der Waals surface area contributed by atoms with Crippen molar-refractivity contribution in [2.75, 3.05) is 13.6 Å².